The summed E-state index contributed by atoms with van der Waals surface area (Å²) in [5.41, 5.74) is 4.99. The first kappa shape index (κ1) is 15.5. The van der Waals surface area contributed by atoms with Gasteiger partial charge in [-0.05, 0) is 38.3 Å². The van der Waals surface area contributed by atoms with E-state index in [1.807, 2.05) is 14.0 Å². The van der Waals surface area contributed by atoms with E-state index in [1.165, 1.54) is 29.5 Å². The molecule has 3 heteroatoms. The molecule has 0 fully saturated rings. The van der Waals surface area contributed by atoms with Crippen molar-refractivity contribution in [1.29, 1.82) is 0 Å². The van der Waals surface area contributed by atoms with Crippen LogP contribution in [0.1, 0.15) is 30.0 Å². The standard InChI is InChI=1S/C16H25NO2/c1-7-14(16(18)19-6)10-17(5)15-12(3)8-11(2)9-13(15)4/h8-9,14H,7,10H2,1-6H3. The smallest absolute Gasteiger partial charge is 0.310 e. The van der Waals surface area contributed by atoms with Gasteiger partial charge in [-0.15, -0.1) is 0 Å². The van der Waals surface area contributed by atoms with E-state index in [1.54, 1.807) is 0 Å². The van der Waals surface area contributed by atoms with Crippen molar-refractivity contribution in [2.45, 2.75) is 34.1 Å². The lowest BCUT2D eigenvalue weighted by Crippen LogP contribution is -2.31. The van der Waals surface area contributed by atoms with Gasteiger partial charge in [0.05, 0.1) is 13.0 Å². The number of methoxy groups -OCH3 is 1. The number of anilines is 1. The monoisotopic (exact) mass is 263 g/mol. The van der Waals surface area contributed by atoms with E-state index in [4.69, 9.17) is 4.74 Å². The zero-order valence-corrected chi connectivity index (χ0v) is 12.9. The molecular weight excluding hydrogens is 238 g/mol. The van der Waals surface area contributed by atoms with Crippen LogP contribution >= 0.6 is 0 Å². The van der Waals surface area contributed by atoms with Gasteiger partial charge in [0, 0.05) is 19.3 Å². The SMILES string of the molecule is CCC(CN(C)c1c(C)cc(C)cc1C)C(=O)OC. The maximum atomic E-state index is 11.7. The van der Waals surface area contributed by atoms with E-state index < -0.39 is 0 Å². The highest BCUT2D eigenvalue weighted by atomic mass is 16.5. The molecule has 1 aromatic rings. The van der Waals surface area contributed by atoms with Crippen molar-refractivity contribution in [3.8, 4) is 0 Å². The molecule has 0 aliphatic carbocycles. The van der Waals surface area contributed by atoms with Crippen molar-refractivity contribution in [3.05, 3.63) is 28.8 Å². The minimum absolute atomic E-state index is 0.0740. The van der Waals surface area contributed by atoms with Crippen molar-refractivity contribution in [2.75, 3.05) is 25.6 Å². The van der Waals surface area contributed by atoms with Gasteiger partial charge in [0.1, 0.15) is 0 Å². The van der Waals surface area contributed by atoms with E-state index in [0.717, 1.165) is 6.42 Å². The molecule has 19 heavy (non-hydrogen) atoms. The maximum absolute atomic E-state index is 11.7. The van der Waals surface area contributed by atoms with Crippen LogP contribution in [0.4, 0.5) is 5.69 Å². The lowest BCUT2D eigenvalue weighted by atomic mass is 10.0. The fourth-order valence-corrected chi connectivity index (χ4v) is 2.73. The molecule has 0 saturated carbocycles. The second kappa shape index (κ2) is 6.60. The Morgan fingerprint density at radius 2 is 1.79 bits per heavy atom. The number of aryl methyl sites for hydroxylation is 3. The normalized spacial score (nSPS) is 12.1. The summed E-state index contributed by atoms with van der Waals surface area (Å²) in [4.78, 5) is 13.8. The average molecular weight is 263 g/mol. The van der Waals surface area contributed by atoms with Crippen molar-refractivity contribution < 1.29 is 9.53 Å². The largest absolute Gasteiger partial charge is 0.469 e. The van der Waals surface area contributed by atoms with Gasteiger partial charge < -0.3 is 9.64 Å². The first-order valence-electron chi connectivity index (χ1n) is 6.77. The summed E-state index contributed by atoms with van der Waals surface area (Å²) in [6.07, 6.45) is 0.793. The minimum Gasteiger partial charge on any atom is -0.469 e. The maximum Gasteiger partial charge on any atom is 0.310 e. The second-order valence-corrected chi connectivity index (χ2v) is 5.26. The molecule has 1 unspecified atom stereocenters. The molecule has 0 N–H and O–H groups in total. The predicted octanol–water partition coefficient (Wildman–Crippen LogP) is 3.25. The van der Waals surface area contributed by atoms with Gasteiger partial charge in [-0.25, -0.2) is 0 Å². The predicted molar refractivity (Wildman–Crippen MR) is 79.7 cm³/mol. The summed E-state index contributed by atoms with van der Waals surface area (Å²) in [5.74, 6) is -0.202. The first-order valence-corrected chi connectivity index (χ1v) is 6.77. The van der Waals surface area contributed by atoms with Gasteiger partial charge in [0.2, 0.25) is 0 Å². The van der Waals surface area contributed by atoms with Crippen LogP contribution in [0, 0.1) is 26.7 Å². The Kier molecular flexibility index (Phi) is 5.40. The molecule has 0 saturated heterocycles. The van der Waals surface area contributed by atoms with Gasteiger partial charge in [-0.3, -0.25) is 4.79 Å². The number of carbonyl (C=O) groups is 1. The molecule has 106 valence electrons. The van der Waals surface area contributed by atoms with E-state index in [-0.39, 0.29) is 11.9 Å². The molecule has 0 spiro atoms. The highest BCUT2D eigenvalue weighted by Crippen LogP contribution is 2.26. The molecule has 1 atom stereocenters. The third-order valence-corrected chi connectivity index (χ3v) is 3.54. The van der Waals surface area contributed by atoms with E-state index in [9.17, 15) is 4.79 Å². The molecule has 1 aromatic carbocycles. The van der Waals surface area contributed by atoms with Gasteiger partial charge in [0.25, 0.3) is 0 Å². The molecule has 0 aliphatic heterocycles. The van der Waals surface area contributed by atoms with E-state index in [2.05, 4.69) is 37.8 Å². The lowest BCUT2D eigenvalue weighted by Gasteiger charge is -2.27. The number of esters is 1. The van der Waals surface area contributed by atoms with Crippen LogP contribution in [0.15, 0.2) is 12.1 Å². The number of ether oxygens (including phenoxy) is 1. The van der Waals surface area contributed by atoms with E-state index >= 15 is 0 Å². The highest BCUT2D eigenvalue weighted by Gasteiger charge is 2.20. The topological polar surface area (TPSA) is 29.5 Å². The highest BCUT2D eigenvalue weighted by molar-refractivity contribution is 5.73. The fourth-order valence-electron chi connectivity index (χ4n) is 2.73. The van der Waals surface area contributed by atoms with Gasteiger partial charge in [0.15, 0.2) is 0 Å². The second-order valence-electron chi connectivity index (χ2n) is 5.26. The summed E-state index contributed by atoms with van der Waals surface area (Å²) in [7, 11) is 3.49. The first-order chi connectivity index (χ1) is 8.90. The number of benzene rings is 1. The van der Waals surface area contributed by atoms with Crippen LogP contribution in [-0.2, 0) is 9.53 Å². The zero-order chi connectivity index (χ0) is 14.6. The summed E-state index contributed by atoms with van der Waals surface area (Å²) < 4.78 is 4.85. The Morgan fingerprint density at radius 3 is 2.21 bits per heavy atom. The summed E-state index contributed by atoms with van der Waals surface area (Å²) in [5, 5.41) is 0. The zero-order valence-electron chi connectivity index (χ0n) is 12.9. The molecule has 0 aliphatic rings. The van der Waals surface area contributed by atoms with Crippen molar-refractivity contribution in [2.24, 2.45) is 5.92 Å². The van der Waals surface area contributed by atoms with E-state index in [0.29, 0.717) is 6.54 Å². The molecule has 0 heterocycles. The van der Waals surface area contributed by atoms with Gasteiger partial charge in [-0.1, -0.05) is 24.6 Å². The van der Waals surface area contributed by atoms with Crippen molar-refractivity contribution >= 4 is 11.7 Å². The van der Waals surface area contributed by atoms with Crippen LogP contribution in [0.2, 0.25) is 0 Å². The van der Waals surface area contributed by atoms with Crippen molar-refractivity contribution in [3.63, 3.8) is 0 Å². The molecule has 3 nitrogen and oxygen atoms in total. The number of rotatable bonds is 5. The molecular formula is C16H25NO2. The van der Waals surface area contributed by atoms with Crippen LogP contribution in [-0.4, -0.2) is 26.7 Å². The molecule has 0 aromatic heterocycles. The third kappa shape index (κ3) is 3.72. The van der Waals surface area contributed by atoms with Crippen LogP contribution in [0.3, 0.4) is 0 Å². The average Bonchev–Trinajstić information content (AvgIpc) is 2.33. The fraction of sp³-hybridized carbons (Fsp3) is 0.562. The number of hydrogen-bond acceptors (Lipinski definition) is 3. The summed E-state index contributed by atoms with van der Waals surface area (Å²) >= 11 is 0. The minimum atomic E-state index is -0.128. The Hall–Kier alpha value is -1.51. The molecule has 0 bridgehead atoms. The number of carbonyl (C=O) groups excluding carboxylic acids is 1. The van der Waals surface area contributed by atoms with Crippen molar-refractivity contribution in [1.82, 2.24) is 0 Å². The quantitative estimate of drug-likeness (QED) is 0.764. The molecule has 1 rings (SSSR count). The third-order valence-electron chi connectivity index (χ3n) is 3.54. The number of hydrogen-bond donors (Lipinski definition) is 0. The Balaban J connectivity index is 2.95. The molecule has 0 radical (unpaired) electrons. The Bertz CT molecular complexity index is 431. The summed E-state index contributed by atoms with van der Waals surface area (Å²) in [6, 6.07) is 4.36. The van der Waals surface area contributed by atoms with Gasteiger partial charge >= 0.3 is 5.97 Å². The summed E-state index contributed by atoms with van der Waals surface area (Å²) in [6.45, 7) is 9.04. The van der Waals surface area contributed by atoms with Gasteiger partial charge in [-0.2, -0.15) is 0 Å². The lowest BCUT2D eigenvalue weighted by molar-refractivity contribution is -0.145. The van der Waals surface area contributed by atoms with Crippen LogP contribution in [0.5, 0.6) is 0 Å². The van der Waals surface area contributed by atoms with Crippen LogP contribution in [0.25, 0.3) is 0 Å². The Labute approximate surface area is 116 Å². The number of nitrogens with zero attached hydrogens (tertiary/aromatic N) is 1. The van der Waals surface area contributed by atoms with Crippen LogP contribution < -0.4 is 4.90 Å². The Morgan fingerprint density at radius 1 is 1.26 bits per heavy atom. The molecule has 0 amide bonds.